The molecule has 0 fully saturated rings. The van der Waals surface area contributed by atoms with Gasteiger partial charge in [-0.05, 0) is 77.0 Å². The minimum atomic E-state index is -0.783. The number of carbonyl (C=O) groups is 3. The lowest BCUT2D eigenvalue weighted by Crippen LogP contribution is -2.30. The van der Waals surface area contributed by atoms with Gasteiger partial charge in [0.25, 0.3) is 0 Å². The van der Waals surface area contributed by atoms with Gasteiger partial charge >= 0.3 is 17.9 Å². The van der Waals surface area contributed by atoms with Gasteiger partial charge in [-0.15, -0.1) is 0 Å². The average Bonchev–Trinajstić information content (AvgIpc) is 3.21. The molecular weight excluding hydrogens is 709 g/mol. The molecule has 0 heterocycles. The molecule has 0 radical (unpaired) electrons. The fourth-order valence-corrected chi connectivity index (χ4v) is 6.69. The molecule has 0 bridgehead atoms. The van der Waals surface area contributed by atoms with Crippen LogP contribution >= 0.6 is 0 Å². The summed E-state index contributed by atoms with van der Waals surface area (Å²) in [6.45, 7) is 6.48. The second kappa shape index (κ2) is 46.1. The van der Waals surface area contributed by atoms with Crippen molar-refractivity contribution in [3.63, 3.8) is 0 Å². The summed E-state index contributed by atoms with van der Waals surface area (Å²) in [5.41, 5.74) is 0. The number of ether oxygens (including phenoxy) is 3. The molecule has 0 aliphatic heterocycles. The number of hydrogen-bond acceptors (Lipinski definition) is 6. The molecule has 0 aliphatic rings. The monoisotopic (exact) mass is 799 g/mol. The number of carbonyl (C=O) groups excluding carboxylic acids is 3. The number of allylic oxidation sites excluding steroid dienone is 8. The Bertz CT molecular complexity index is 1010. The Morgan fingerprint density at radius 2 is 0.684 bits per heavy atom. The van der Waals surface area contributed by atoms with Crippen molar-refractivity contribution in [2.75, 3.05) is 13.2 Å². The Balaban J connectivity index is 4.37. The van der Waals surface area contributed by atoms with E-state index in [-0.39, 0.29) is 31.1 Å². The zero-order valence-corrected chi connectivity index (χ0v) is 37.6. The van der Waals surface area contributed by atoms with Crippen LogP contribution in [0.2, 0.25) is 0 Å². The van der Waals surface area contributed by atoms with Gasteiger partial charge in [0, 0.05) is 19.3 Å². The van der Waals surface area contributed by atoms with Crippen LogP contribution in [-0.4, -0.2) is 37.2 Å². The van der Waals surface area contributed by atoms with Gasteiger partial charge in [0.1, 0.15) is 13.2 Å². The lowest BCUT2D eigenvalue weighted by molar-refractivity contribution is -0.167. The molecule has 57 heavy (non-hydrogen) atoms. The van der Waals surface area contributed by atoms with Gasteiger partial charge in [0.05, 0.1) is 0 Å². The molecule has 0 spiro atoms. The van der Waals surface area contributed by atoms with E-state index in [1.54, 1.807) is 0 Å². The number of esters is 3. The summed E-state index contributed by atoms with van der Waals surface area (Å²) in [7, 11) is 0. The maximum Gasteiger partial charge on any atom is 0.306 e. The zero-order valence-electron chi connectivity index (χ0n) is 37.6. The van der Waals surface area contributed by atoms with Gasteiger partial charge in [-0.3, -0.25) is 14.4 Å². The van der Waals surface area contributed by atoms with E-state index in [9.17, 15) is 14.4 Å². The molecule has 0 aromatic heterocycles. The molecule has 1 unspecified atom stereocenters. The van der Waals surface area contributed by atoms with Crippen LogP contribution in [0.5, 0.6) is 0 Å². The van der Waals surface area contributed by atoms with Crippen LogP contribution < -0.4 is 0 Å². The van der Waals surface area contributed by atoms with E-state index in [1.807, 2.05) is 0 Å². The summed E-state index contributed by atoms with van der Waals surface area (Å²) < 4.78 is 16.7. The van der Waals surface area contributed by atoms with Gasteiger partial charge in [-0.25, -0.2) is 0 Å². The number of hydrogen-bond donors (Lipinski definition) is 0. The van der Waals surface area contributed by atoms with Crippen molar-refractivity contribution < 1.29 is 28.6 Å². The Labute approximate surface area is 352 Å². The molecule has 0 aromatic rings. The SMILES string of the molecule is CC/C=C\C/C=C\C/C=C\CCCCCCC(=O)OC(COC(=O)CCCCCCC/C=C\CCCCCCCCC)COC(=O)CCCCCCCCCCC. The fraction of sp³-hybridized carbons (Fsp3) is 0.784. The van der Waals surface area contributed by atoms with Crippen molar-refractivity contribution in [1.82, 2.24) is 0 Å². The summed E-state index contributed by atoms with van der Waals surface area (Å²) >= 11 is 0. The van der Waals surface area contributed by atoms with Gasteiger partial charge < -0.3 is 14.2 Å². The molecule has 0 N–H and O–H groups in total. The van der Waals surface area contributed by atoms with E-state index >= 15 is 0 Å². The summed E-state index contributed by atoms with van der Waals surface area (Å²) in [5.74, 6) is -0.915. The Morgan fingerprint density at radius 3 is 1.09 bits per heavy atom. The third-order valence-corrected chi connectivity index (χ3v) is 10.3. The van der Waals surface area contributed by atoms with Crippen molar-refractivity contribution in [1.29, 1.82) is 0 Å². The minimum absolute atomic E-state index is 0.0836. The van der Waals surface area contributed by atoms with Crippen LogP contribution in [0.3, 0.4) is 0 Å². The number of rotatable bonds is 43. The highest BCUT2D eigenvalue weighted by atomic mass is 16.6. The molecule has 330 valence electrons. The fourth-order valence-electron chi connectivity index (χ4n) is 6.69. The van der Waals surface area contributed by atoms with Crippen molar-refractivity contribution in [2.45, 2.75) is 245 Å². The maximum absolute atomic E-state index is 12.7. The van der Waals surface area contributed by atoms with Crippen LogP contribution in [0, 0.1) is 0 Å². The van der Waals surface area contributed by atoms with E-state index in [1.165, 1.54) is 103 Å². The van der Waals surface area contributed by atoms with Crippen LogP contribution in [0.25, 0.3) is 0 Å². The summed E-state index contributed by atoms with van der Waals surface area (Å²) in [5, 5.41) is 0. The normalized spacial score (nSPS) is 12.4. The lowest BCUT2D eigenvalue weighted by atomic mass is 10.1. The molecule has 0 rings (SSSR count). The van der Waals surface area contributed by atoms with Gasteiger partial charge in [0.2, 0.25) is 0 Å². The van der Waals surface area contributed by atoms with E-state index in [4.69, 9.17) is 14.2 Å². The predicted molar refractivity (Wildman–Crippen MR) is 242 cm³/mol. The predicted octanol–water partition coefficient (Wildman–Crippen LogP) is 15.5. The van der Waals surface area contributed by atoms with Crippen LogP contribution in [-0.2, 0) is 28.6 Å². The summed E-state index contributed by atoms with van der Waals surface area (Å²) in [4.78, 5) is 37.8. The molecule has 0 saturated heterocycles. The zero-order chi connectivity index (χ0) is 41.5. The smallest absolute Gasteiger partial charge is 0.306 e. The average molecular weight is 799 g/mol. The van der Waals surface area contributed by atoms with Crippen molar-refractivity contribution >= 4 is 17.9 Å². The molecule has 0 aliphatic carbocycles. The van der Waals surface area contributed by atoms with Gasteiger partial charge in [0.15, 0.2) is 6.10 Å². The van der Waals surface area contributed by atoms with E-state index in [0.717, 1.165) is 96.3 Å². The summed E-state index contributed by atoms with van der Waals surface area (Å²) in [6.07, 6.45) is 53.8. The topological polar surface area (TPSA) is 78.9 Å². The van der Waals surface area contributed by atoms with E-state index < -0.39 is 6.10 Å². The first-order valence-electron chi connectivity index (χ1n) is 24.1. The third kappa shape index (κ3) is 44.3. The second-order valence-corrected chi connectivity index (χ2v) is 16.0. The first-order valence-corrected chi connectivity index (χ1v) is 24.1. The van der Waals surface area contributed by atoms with Gasteiger partial charge in [-0.2, -0.15) is 0 Å². The molecule has 0 saturated carbocycles. The van der Waals surface area contributed by atoms with Crippen LogP contribution in [0.4, 0.5) is 0 Å². The van der Waals surface area contributed by atoms with Crippen LogP contribution in [0.1, 0.15) is 239 Å². The molecule has 0 amide bonds. The van der Waals surface area contributed by atoms with E-state index in [2.05, 4.69) is 69.4 Å². The minimum Gasteiger partial charge on any atom is -0.462 e. The van der Waals surface area contributed by atoms with Crippen molar-refractivity contribution in [3.05, 3.63) is 48.6 Å². The third-order valence-electron chi connectivity index (χ3n) is 10.3. The second-order valence-electron chi connectivity index (χ2n) is 16.0. The molecule has 0 aromatic carbocycles. The first-order chi connectivity index (χ1) is 28.0. The quantitative estimate of drug-likeness (QED) is 0.0265. The summed E-state index contributed by atoms with van der Waals surface area (Å²) in [6, 6.07) is 0. The highest BCUT2D eigenvalue weighted by Gasteiger charge is 2.19. The first kappa shape index (κ1) is 54.4. The Morgan fingerprint density at radius 1 is 0.368 bits per heavy atom. The highest BCUT2D eigenvalue weighted by Crippen LogP contribution is 2.14. The van der Waals surface area contributed by atoms with Crippen molar-refractivity contribution in [3.8, 4) is 0 Å². The van der Waals surface area contributed by atoms with E-state index in [0.29, 0.717) is 19.3 Å². The molecular formula is C51H90O6. The molecule has 6 heteroatoms. The molecule has 1 atom stereocenters. The highest BCUT2D eigenvalue weighted by molar-refractivity contribution is 5.71. The molecule has 6 nitrogen and oxygen atoms in total. The number of unbranched alkanes of at least 4 members (excludes halogenated alkanes) is 24. The lowest BCUT2D eigenvalue weighted by Gasteiger charge is -2.18. The van der Waals surface area contributed by atoms with Gasteiger partial charge in [-0.1, -0.05) is 191 Å². The Kier molecular flexibility index (Phi) is 43.9. The largest absolute Gasteiger partial charge is 0.462 e. The Hall–Kier alpha value is -2.63. The standard InChI is InChI=1S/C51H90O6/c1-4-7-10-13-16-19-21-23-25-26-28-29-32-35-38-41-44-50(53)56-47-48(46-55-49(52)43-40-37-34-31-18-15-12-9-6-3)57-51(54)45-42-39-36-33-30-27-24-22-20-17-14-11-8-5-2/h8,11,17,20,24-27,48H,4-7,9-10,12-16,18-19,21-23,28-47H2,1-3H3/b11-8-,20-17-,26-25-,27-24-. The van der Waals surface area contributed by atoms with Crippen molar-refractivity contribution in [2.24, 2.45) is 0 Å². The van der Waals surface area contributed by atoms with Crippen LogP contribution in [0.15, 0.2) is 48.6 Å². The maximum atomic E-state index is 12.7.